The van der Waals surface area contributed by atoms with Crippen molar-refractivity contribution in [2.24, 2.45) is 0 Å². The van der Waals surface area contributed by atoms with Crippen molar-refractivity contribution in [3.8, 4) is 0 Å². The first-order valence-electron chi connectivity index (χ1n) is 4.23. The second-order valence-electron chi connectivity index (χ2n) is 2.98. The fraction of sp³-hybridized carbons (Fsp3) is 0.571. The normalized spacial score (nSPS) is 21.0. The number of carbonyl (C=O) groups is 1. The van der Waals surface area contributed by atoms with Crippen LogP contribution in [-0.4, -0.2) is 33.7 Å². The van der Waals surface area contributed by atoms with Crippen molar-refractivity contribution in [2.45, 2.75) is 12.5 Å². The van der Waals surface area contributed by atoms with E-state index >= 15 is 0 Å². The van der Waals surface area contributed by atoms with Gasteiger partial charge in [0.15, 0.2) is 0 Å². The molecule has 2 heterocycles. The molecule has 7 heteroatoms. The summed E-state index contributed by atoms with van der Waals surface area (Å²) in [6, 6.07) is 0.276. The van der Waals surface area contributed by atoms with E-state index in [9.17, 15) is 4.79 Å². The highest BCUT2D eigenvalue weighted by Crippen LogP contribution is 2.18. The van der Waals surface area contributed by atoms with Crippen molar-refractivity contribution >= 4 is 34.1 Å². The molecule has 1 saturated heterocycles. The zero-order chi connectivity index (χ0) is 9.97. The van der Waals surface area contributed by atoms with E-state index in [2.05, 4.69) is 15.5 Å². The first-order valence-corrected chi connectivity index (χ1v) is 6.20. The van der Waals surface area contributed by atoms with Gasteiger partial charge in [0.2, 0.25) is 10.1 Å². The number of anilines is 1. The van der Waals surface area contributed by atoms with Crippen LogP contribution < -0.4 is 11.1 Å². The zero-order valence-electron chi connectivity index (χ0n) is 7.40. The van der Waals surface area contributed by atoms with E-state index in [0.717, 1.165) is 29.3 Å². The molecule has 3 N–H and O–H groups in total. The topological polar surface area (TPSA) is 80.9 Å². The molecule has 1 aromatic heterocycles. The Labute approximate surface area is 89.5 Å². The summed E-state index contributed by atoms with van der Waals surface area (Å²) in [5.41, 5.74) is 5.39. The lowest BCUT2D eigenvalue weighted by Gasteiger charge is -2.08. The lowest BCUT2D eigenvalue weighted by atomic mass is 10.2. The molecule has 14 heavy (non-hydrogen) atoms. The first kappa shape index (κ1) is 9.72. The number of aromatic nitrogens is 2. The minimum Gasteiger partial charge on any atom is -0.374 e. The average molecular weight is 230 g/mol. The van der Waals surface area contributed by atoms with Crippen molar-refractivity contribution in [3.05, 3.63) is 5.01 Å². The molecule has 0 radical (unpaired) electrons. The van der Waals surface area contributed by atoms with Crippen LogP contribution in [0.4, 0.5) is 5.13 Å². The van der Waals surface area contributed by atoms with Crippen LogP contribution >= 0.6 is 23.1 Å². The van der Waals surface area contributed by atoms with Gasteiger partial charge in [0.05, 0.1) is 0 Å². The maximum atomic E-state index is 11.5. The highest BCUT2D eigenvalue weighted by molar-refractivity contribution is 7.99. The predicted octanol–water partition coefficient (Wildman–Crippen LogP) is 0.356. The second kappa shape index (κ2) is 4.14. The van der Waals surface area contributed by atoms with Crippen molar-refractivity contribution in [1.29, 1.82) is 0 Å². The van der Waals surface area contributed by atoms with Gasteiger partial charge < -0.3 is 11.1 Å². The van der Waals surface area contributed by atoms with E-state index in [0.29, 0.717) is 10.1 Å². The van der Waals surface area contributed by atoms with Crippen molar-refractivity contribution < 1.29 is 4.79 Å². The van der Waals surface area contributed by atoms with E-state index in [4.69, 9.17) is 5.73 Å². The monoisotopic (exact) mass is 230 g/mol. The fourth-order valence-corrected chi connectivity index (χ4v) is 2.89. The predicted molar refractivity (Wildman–Crippen MR) is 57.5 cm³/mol. The molecule has 0 spiro atoms. The number of nitrogens with zero attached hydrogens (tertiary/aromatic N) is 2. The molecule has 5 nitrogen and oxygen atoms in total. The molecular formula is C7H10N4OS2. The van der Waals surface area contributed by atoms with Gasteiger partial charge >= 0.3 is 0 Å². The Balaban J connectivity index is 1.95. The minimum absolute atomic E-state index is 0.160. The summed E-state index contributed by atoms with van der Waals surface area (Å²) in [7, 11) is 0. The summed E-state index contributed by atoms with van der Waals surface area (Å²) in [6.45, 7) is 0. The highest BCUT2D eigenvalue weighted by Gasteiger charge is 2.20. The molecule has 0 bridgehead atoms. The lowest BCUT2D eigenvalue weighted by Crippen LogP contribution is -2.34. The third kappa shape index (κ3) is 2.16. The number of hydrogen-bond acceptors (Lipinski definition) is 6. The Morgan fingerprint density at radius 1 is 1.57 bits per heavy atom. The Kier molecular flexibility index (Phi) is 2.87. The lowest BCUT2D eigenvalue weighted by molar-refractivity contribution is 0.0940. The number of nitrogens with one attached hydrogen (secondary N) is 1. The summed E-state index contributed by atoms with van der Waals surface area (Å²) in [4.78, 5) is 11.5. The number of nitrogen functional groups attached to an aromatic ring is 1. The molecule has 1 unspecified atom stereocenters. The zero-order valence-corrected chi connectivity index (χ0v) is 9.03. The molecule has 1 fully saturated rings. The van der Waals surface area contributed by atoms with Crippen molar-refractivity contribution in [2.75, 3.05) is 17.2 Å². The Bertz CT molecular complexity index is 334. The Morgan fingerprint density at radius 2 is 2.43 bits per heavy atom. The molecule has 76 valence electrons. The summed E-state index contributed by atoms with van der Waals surface area (Å²) in [5.74, 6) is 1.94. The average Bonchev–Trinajstić information content (AvgIpc) is 2.75. The third-order valence-electron chi connectivity index (χ3n) is 1.90. The smallest absolute Gasteiger partial charge is 0.282 e. The van der Waals surface area contributed by atoms with Gasteiger partial charge in [0, 0.05) is 11.8 Å². The van der Waals surface area contributed by atoms with E-state index in [1.165, 1.54) is 0 Å². The van der Waals surface area contributed by atoms with Crippen LogP contribution in [0.25, 0.3) is 0 Å². The number of amides is 1. The van der Waals surface area contributed by atoms with E-state index in [-0.39, 0.29) is 11.9 Å². The van der Waals surface area contributed by atoms with Gasteiger partial charge in [0.25, 0.3) is 5.91 Å². The van der Waals surface area contributed by atoms with Crippen LogP contribution in [-0.2, 0) is 0 Å². The highest BCUT2D eigenvalue weighted by atomic mass is 32.2. The SMILES string of the molecule is Nc1nnc(C(=O)NC2CCSC2)s1. The quantitative estimate of drug-likeness (QED) is 0.766. The summed E-state index contributed by atoms with van der Waals surface area (Å²) in [6.07, 6.45) is 1.03. The molecular weight excluding hydrogens is 220 g/mol. The van der Waals surface area contributed by atoms with Crippen LogP contribution in [0.5, 0.6) is 0 Å². The maximum absolute atomic E-state index is 11.5. The summed E-state index contributed by atoms with van der Waals surface area (Å²) < 4.78 is 0. The van der Waals surface area contributed by atoms with Crippen molar-refractivity contribution in [3.63, 3.8) is 0 Å². The van der Waals surface area contributed by atoms with Crippen LogP contribution in [0.15, 0.2) is 0 Å². The number of rotatable bonds is 2. The van der Waals surface area contributed by atoms with Crippen LogP contribution in [0.3, 0.4) is 0 Å². The van der Waals surface area contributed by atoms with Gasteiger partial charge in [-0.25, -0.2) is 0 Å². The van der Waals surface area contributed by atoms with Crippen LogP contribution in [0.2, 0.25) is 0 Å². The van der Waals surface area contributed by atoms with Gasteiger partial charge in [-0.2, -0.15) is 11.8 Å². The summed E-state index contributed by atoms with van der Waals surface area (Å²) in [5, 5.41) is 10.9. The van der Waals surface area contributed by atoms with Gasteiger partial charge in [-0.05, 0) is 12.2 Å². The van der Waals surface area contributed by atoms with E-state index in [1.807, 2.05) is 11.8 Å². The minimum atomic E-state index is -0.160. The molecule has 0 aromatic carbocycles. The van der Waals surface area contributed by atoms with E-state index in [1.54, 1.807) is 0 Å². The Morgan fingerprint density at radius 3 is 3.00 bits per heavy atom. The molecule has 0 saturated carbocycles. The molecule has 1 amide bonds. The van der Waals surface area contributed by atoms with Gasteiger partial charge in [-0.1, -0.05) is 11.3 Å². The fourth-order valence-electron chi connectivity index (χ4n) is 1.22. The molecule has 2 rings (SSSR count). The number of carbonyl (C=O) groups excluding carboxylic acids is 1. The molecule has 1 aliphatic heterocycles. The maximum Gasteiger partial charge on any atom is 0.282 e. The second-order valence-corrected chi connectivity index (χ2v) is 5.14. The largest absolute Gasteiger partial charge is 0.374 e. The van der Waals surface area contributed by atoms with Crippen LogP contribution in [0, 0.1) is 0 Å². The number of thioether (sulfide) groups is 1. The molecule has 1 atom stereocenters. The number of hydrogen-bond donors (Lipinski definition) is 2. The number of nitrogens with two attached hydrogens (primary N) is 1. The van der Waals surface area contributed by atoms with Crippen molar-refractivity contribution in [1.82, 2.24) is 15.5 Å². The standard InChI is InChI=1S/C7H10N4OS2/c8-7-11-10-6(14-7)5(12)9-4-1-2-13-3-4/h4H,1-3H2,(H2,8,11)(H,9,12). The van der Waals surface area contributed by atoms with Crippen LogP contribution in [0.1, 0.15) is 16.2 Å². The van der Waals surface area contributed by atoms with Gasteiger partial charge in [-0.3, -0.25) is 4.79 Å². The van der Waals surface area contributed by atoms with E-state index < -0.39 is 0 Å². The van der Waals surface area contributed by atoms with Gasteiger partial charge in [0.1, 0.15) is 0 Å². The molecule has 0 aliphatic carbocycles. The first-order chi connectivity index (χ1) is 6.75. The van der Waals surface area contributed by atoms with Gasteiger partial charge in [-0.15, -0.1) is 10.2 Å². The summed E-state index contributed by atoms with van der Waals surface area (Å²) >= 11 is 2.97. The molecule has 1 aromatic rings. The third-order valence-corrected chi connectivity index (χ3v) is 3.81. The molecule has 1 aliphatic rings. The Hall–Kier alpha value is -0.820.